The zero-order valence-corrected chi connectivity index (χ0v) is 23.0. The molecule has 0 saturated heterocycles. The fourth-order valence-corrected chi connectivity index (χ4v) is 5.01. The first kappa shape index (κ1) is 26.1. The summed E-state index contributed by atoms with van der Waals surface area (Å²) in [5.74, 6) is 2.72. The second kappa shape index (κ2) is 11.4. The summed E-state index contributed by atoms with van der Waals surface area (Å²) in [4.78, 5) is 2.19. The average Bonchev–Trinajstić information content (AvgIpc) is 2.89. The molecule has 3 aromatic rings. The van der Waals surface area contributed by atoms with Crippen LogP contribution in [-0.2, 0) is 6.42 Å². The van der Waals surface area contributed by atoms with Crippen LogP contribution in [0.1, 0.15) is 48.1 Å². The standard InChI is InChI=1S/C29H33ClN2O3S/c1-18(2)20-9-11-22(12-10-20)35-17-26-23-16-28(34-5)27(33-4)15-21(23)13-14-32(26)29(36)31-25-8-6-7-24(30)19(25)3/h6-12,15-16,18,26H,13-14,17H2,1-5H3,(H,31,36). The van der Waals surface area contributed by atoms with Crippen LogP contribution in [0.5, 0.6) is 17.2 Å². The van der Waals surface area contributed by atoms with Gasteiger partial charge in [0.2, 0.25) is 0 Å². The van der Waals surface area contributed by atoms with Crippen LogP contribution in [0.4, 0.5) is 5.69 Å². The lowest BCUT2D eigenvalue weighted by molar-refractivity contribution is 0.190. The summed E-state index contributed by atoms with van der Waals surface area (Å²) in [7, 11) is 3.31. The number of thiocarbonyl (C=S) groups is 1. The van der Waals surface area contributed by atoms with Crippen molar-refractivity contribution < 1.29 is 14.2 Å². The summed E-state index contributed by atoms with van der Waals surface area (Å²) in [5, 5.41) is 4.74. The second-order valence-electron chi connectivity index (χ2n) is 9.24. The zero-order valence-electron chi connectivity index (χ0n) is 21.4. The highest BCUT2D eigenvalue weighted by Crippen LogP contribution is 2.39. The van der Waals surface area contributed by atoms with Crippen LogP contribution in [0.25, 0.3) is 0 Å². The number of fused-ring (bicyclic) bond motifs is 1. The Bertz CT molecular complexity index is 1230. The van der Waals surface area contributed by atoms with Crippen molar-refractivity contribution in [1.82, 2.24) is 4.90 Å². The minimum Gasteiger partial charge on any atom is -0.493 e. The highest BCUT2D eigenvalue weighted by molar-refractivity contribution is 7.80. The Morgan fingerprint density at radius 2 is 1.78 bits per heavy atom. The molecule has 1 aliphatic rings. The summed E-state index contributed by atoms with van der Waals surface area (Å²) >= 11 is 12.3. The predicted octanol–water partition coefficient (Wildman–Crippen LogP) is 7.16. The van der Waals surface area contributed by atoms with Crippen molar-refractivity contribution in [2.24, 2.45) is 0 Å². The fraction of sp³-hybridized carbons (Fsp3) is 0.345. The normalized spacial score (nSPS) is 14.9. The van der Waals surface area contributed by atoms with E-state index in [2.05, 4.69) is 42.3 Å². The van der Waals surface area contributed by atoms with Gasteiger partial charge in [0, 0.05) is 17.3 Å². The molecule has 1 unspecified atom stereocenters. The van der Waals surface area contributed by atoms with E-state index in [9.17, 15) is 0 Å². The van der Waals surface area contributed by atoms with Gasteiger partial charge in [-0.15, -0.1) is 0 Å². The summed E-state index contributed by atoms with van der Waals surface area (Å²) in [6.07, 6.45) is 0.825. The Hall–Kier alpha value is -2.96. The number of hydrogen-bond donors (Lipinski definition) is 1. The summed E-state index contributed by atoms with van der Waals surface area (Å²) in [6.45, 7) is 7.53. The number of ether oxygens (including phenoxy) is 3. The zero-order chi connectivity index (χ0) is 25.8. The molecule has 7 heteroatoms. The minimum absolute atomic E-state index is 0.113. The Balaban J connectivity index is 1.64. The molecule has 1 aliphatic heterocycles. The van der Waals surface area contributed by atoms with E-state index in [1.54, 1.807) is 14.2 Å². The topological polar surface area (TPSA) is 43.0 Å². The number of halogens is 1. The van der Waals surface area contributed by atoms with Gasteiger partial charge >= 0.3 is 0 Å². The second-order valence-corrected chi connectivity index (χ2v) is 10.0. The quantitative estimate of drug-likeness (QED) is 0.331. The van der Waals surface area contributed by atoms with E-state index in [1.165, 1.54) is 11.1 Å². The van der Waals surface area contributed by atoms with E-state index in [0.29, 0.717) is 28.4 Å². The highest BCUT2D eigenvalue weighted by atomic mass is 35.5. The lowest BCUT2D eigenvalue weighted by Crippen LogP contribution is -2.44. The molecule has 1 N–H and O–H groups in total. The van der Waals surface area contributed by atoms with Gasteiger partial charge in [-0.2, -0.15) is 0 Å². The number of anilines is 1. The van der Waals surface area contributed by atoms with E-state index in [1.807, 2.05) is 43.3 Å². The summed E-state index contributed by atoms with van der Waals surface area (Å²) in [5.41, 5.74) is 5.46. The van der Waals surface area contributed by atoms with Gasteiger partial charge in [-0.05, 0) is 90.1 Å². The molecule has 0 spiro atoms. The van der Waals surface area contributed by atoms with Crippen LogP contribution >= 0.6 is 23.8 Å². The molecular weight excluding hydrogens is 492 g/mol. The number of hydrogen-bond acceptors (Lipinski definition) is 4. The lowest BCUT2D eigenvalue weighted by atomic mass is 9.92. The molecule has 0 bridgehead atoms. The summed E-state index contributed by atoms with van der Waals surface area (Å²) in [6, 6.07) is 18.1. The van der Waals surface area contributed by atoms with E-state index < -0.39 is 0 Å². The van der Waals surface area contributed by atoms with Crippen LogP contribution in [-0.4, -0.2) is 37.4 Å². The lowest BCUT2D eigenvalue weighted by Gasteiger charge is -2.39. The molecular formula is C29H33ClN2O3S. The fourth-order valence-electron chi connectivity index (χ4n) is 4.50. The SMILES string of the molecule is COc1cc2c(cc1OC)C(COc1ccc(C(C)C)cc1)N(C(=S)Nc1cccc(Cl)c1C)CC2. The highest BCUT2D eigenvalue weighted by Gasteiger charge is 2.31. The number of nitrogens with zero attached hydrogens (tertiary/aromatic N) is 1. The van der Waals surface area contributed by atoms with Crippen LogP contribution in [0.3, 0.4) is 0 Å². The van der Waals surface area contributed by atoms with Gasteiger partial charge in [-0.3, -0.25) is 0 Å². The molecule has 36 heavy (non-hydrogen) atoms. The molecule has 190 valence electrons. The van der Waals surface area contributed by atoms with Gasteiger partial charge in [-0.1, -0.05) is 43.6 Å². The first-order valence-electron chi connectivity index (χ1n) is 12.1. The van der Waals surface area contributed by atoms with Gasteiger partial charge in [0.1, 0.15) is 12.4 Å². The monoisotopic (exact) mass is 524 g/mol. The van der Waals surface area contributed by atoms with E-state index in [4.69, 9.17) is 38.0 Å². The number of benzene rings is 3. The molecule has 0 aromatic heterocycles. The Morgan fingerprint density at radius 3 is 2.44 bits per heavy atom. The molecule has 0 fully saturated rings. The molecule has 1 heterocycles. The first-order valence-corrected chi connectivity index (χ1v) is 12.9. The van der Waals surface area contributed by atoms with E-state index >= 15 is 0 Å². The molecule has 0 saturated carbocycles. The summed E-state index contributed by atoms with van der Waals surface area (Å²) < 4.78 is 17.5. The van der Waals surface area contributed by atoms with Crippen LogP contribution < -0.4 is 19.5 Å². The van der Waals surface area contributed by atoms with Gasteiger partial charge in [0.25, 0.3) is 0 Å². The Labute approximate surface area is 224 Å². The maximum absolute atomic E-state index is 6.35. The number of nitrogens with one attached hydrogen (secondary N) is 1. The molecule has 4 rings (SSSR count). The smallest absolute Gasteiger partial charge is 0.174 e. The Kier molecular flexibility index (Phi) is 8.27. The van der Waals surface area contributed by atoms with Crippen LogP contribution in [0.15, 0.2) is 54.6 Å². The van der Waals surface area contributed by atoms with E-state index in [-0.39, 0.29) is 6.04 Å². The minimum atomic E-state index is -0.113. The van der Waals surface area contributed by atoms with Crippen LogP contribution in [0.2, 0.25) is 5.02 Å². The third-order valence-electron chi connectivity index (χ3n) is 6.73. The molecule has 0 amide bonds. The maximum atomic E-state index is 6.35. The number of methoxy groups -OCH3 is 2. The first-order chi connectivity index (χ1) is 17.3. The van der Waals surface area contributed by atoms with Gasteiger partial charge in [-0.25, -0.2) is 0 Å². The average molecular weight is 525 g/mol. The largest absolute Gasteiger partial charge is 0.493 e. The van der Waals surface area contributed by atoms with Crippen molar-refractivity contribution in [1.29, 1.82) is 0 Å². The predicted molar refractivity (Wildman–Crippen MR) is 151 cm³/mol. The van der Waals surface area contributed by atoms with Crippen molar-refractivity contribution in [2.75, 3.05) is 32.7 Å². The van der Waals surface area contributed by atoms with Gasteiger partial charge < -0.3 is 24.4 Å². The van der Waals surface area contributed by atoms with E-state index in [0.717, 1.165) is 41.3 Å². The van der Waals surface area contributed by atoms with Crippen molar-refractivity contribution in [3.05, 3.63) is 81.9 Å². The molecule has 1 atom stereocenters. The van der Waals surface area contributed by atoms with Crippen molar-refractivity contribution >= 4 is 34.6 Å². The molecule has 0 aliphatic carbocycles. The van der Waals surface area contributed by atoms with Crippen LogP contribution in [0, 0.1) is 6.92 Å². The molecule has 3 aromatic carbocycles. The molecule has 5 nitrogen and oxygen atoms in total. The van der Waals surface area contributed by atoms with Crippen molar-refractivity contribution in [3.63, 3.8) is 0 Å². The number of rotatable bonds is 7. The van der Waals surface area contributed by atoms with Gasteiger partial charge in [0.15, 0.2) is 16.6 Å². The third kappa shape index (κ3) is 5.55. The maximum Gasteiger partial charge on any atom is 0.174 e. The Morgan fingerprint density at radius 1 is 1.08 bits per heavy atom. The van der Waals surface area contributed by atoms with Gasteiger partial charge in [0.05, 0.1) is 20.3 Å². The van der Waals surface area contributed by atoms with Crippen molar-refractivity contribution in [3.8, 4) is 17.2 Å². The third-order valence-corrected chi connectivity index (χ3v) is 7.47. The molecule has 0 radical (unpaired) electrons. The van der Waals surface area contributed by atoms with Crippen molar-refractivity contribution in [2.45, 2.75) is 39.2 Å².